The lowest BCUT2D eigenvalue weighted by atomic mass is 10.1. The van der Waals surface area contributed by atoms with Crippen LogP contribution in [0, 0.1) is 0 Å². The highest BCUT2D eigenvalue weighted by Crippen LogP contribution is 2.24. The van der Waals surface area contributed by atoms with Crippen molar-refractivity contribution in [2.24, 2.45) is 0 Å². The van der Waals surface area contributed by atoms with Crippen molar-refractivity contribution in [3.63, 3.8) is 0 Å². The van der Waals surface area contributed by atoms with Crippen LogP contribution in [0.1, 0.15) is 5.56 Å². The van der Waals surface area contributed by atoms with Crippen LogP contribution in [-0.4, -0.2) is 25.0 Å². The van der Waals surface area contributed by atoms with Crippen LogP contribution in [0.5, 0.6) is 5.75 Å². The van der Waals surface area contributed by atoms with E-state index >= 15 is 0 Å². The number of amides is 1. The molecule has 3 aromatic rings. The van der Waals surface area contributed by atoms with E-state index in [1.165, 1.54) is 35.3 Å². The Kier molecular flexibility index (Phi) is 5.63. The molecule has 0 unspecified atom stereocenters. The van der Waals surface area contributed by atoms with E-state index in [9.17, 15) is 18.0 Å². The summed E-state index contributed by atoms with van der Waals surface area (Å²) in [4.78, 5) is 15.2. The second-order valence-electron chi connectivity index (χ2n) is 5.38. The first-order valence-corrected chi connectivity index (χ1v) is 8.68. The molecule has 2 aromatic carbocycles. The van der Waals surface area contributed by atoms with Gasteiger partial charge >= 0.3 is 6.36 Å². The minimum atomic E-state index is -4.73. The molecule has 0 spiro atoms. The largest absolute Gasteiger partial charge is 0.573 e. The van der Waals surface area contributed by atoms with Crippen LogP contribution in [-0.2, 0) is 6.54 Å². The number of halogens is 4. The fraction of sp³-hybridized carbons (Fsp3) is 0.118. The maximum Gasteiger partial charge on any atom is 0.573 e. The van der Waals surface area contributed by atoms with Crippen LogP contribution in [0.25, 0.3) is 17.1 Å². The van der Waals surface area contributed by atoms with Gasteiger partial charge in [-0.3, -0.25) is 4.79 Å². The van der Waals surface area contributed by atoms with Crippen molar-refractivity contribution in [1.29, 1.82) is 0 Å². The number of carbonyl (C=O) groups excluding carboxylic acids is 1. The Hall–Kier alpha value is -2.63. The summed E-state index contributed by atoms with van der Waals surface area (Å²) in [5.74, 6) is 0.143. The molecule has 0 aliphatic heterocycles. The first-order valence-electron chi connectivity index (χ1n) is 7.61. The molecule has 0 radical (unpaired) electrons. The molecule has 6 nitrogen and oxygen atoms in total. The van der Waals surface area contributed by atoms with Crippen LogP contribution >= 0.6 is 22.6 Å². The lowest BCUT2D eigenvalue weighted by Gasteiger charge is -2.09. The van der Waals surface area contributed by atoms with Crippen LogP contribution in [0.15, 0.2) is 54.9 Å². The van der Waals surface area contributed by atoms with Crippen molar-refractivity contribution in [3.8, 4) is 22.8 Å². The van der Waals surface area contributed by atoms with E-state index in [1.54, 1.807) is 22.6 Å². The van der Waals surface area contributed by atoms with E-state index in [4.69, 9.17) is 0 Å². The molecular formula is C17H12F3IN4O2. The number of alkyl halides is 3. The number of ether oxygens (including phenoxy) is 1. The Morgan fingerprint density at radius 2 is 1.93 bits per heavy atom. The highest BCUT2D eigenvalue weighted by Gasteiger charge is 2.30. The second-order valence-corrected chi connectivity index (χ2v) is 6.36. The molecule has 1 heterocycles. The molecule has 10 heteroatoms. The van der Waals surface area contributed by atoms with Gasteiger partial charge in [0.2, 0.25) is 0 Å². The van der Waals surface area contributed by atoms with Gasteiger partial charge in [0.15, 0.2) is 5.82 Å². The summed E-state index contributed by atoms with van der Waals surface area (Å²) in [5.41, 5.74) is 2.19. The molecule has 140 valence electrons. The van der Waals surface area contributed by atoms with Gasteiger partial charge in [0.1, 0.15) is 12.1 Å². The lowest BCUT2D eigenvalue weighted by molar-refractivity contribution is -0.274. The van der Waals surface area contributed by atoms with Gasteiger partial charge in [0.25, 0.3) is 3.91 Å². The maximum atomic E-state index is 12.2. The van der Waals surface area contributed by atoms with Crippen molar-refractivity contribution in [1.82, 2.24) is 20.1 Å². The monoisotopic (exact) mass is 488 g/mol. The van der Waals surface area contributed by atoms with E-state index in [1.807, 2.05) is 24.3 Å². The number of rotatable bonds is 5. The van der Waals surface area contributed by atoms with Gasteiger partial charge in [-0.05, 0) is 35.9 Å². The number of hydrogen-bond donors (Lipinski definition) is 1. The Morgan fingerprint density at radius 1 is 1.19 bits per heavy atom. The van der Waals surface area contributed by atoms with Gasteiger partial charge < -0.3 is 10.1 Å². The first kappa shape index (κ1) is 19.1. The fourth-order valence-corrected chi connectivity index (χ4v) is 2.50. The van der Waals surface area contributed by atoms with E-state index in [-0.39, 0.29) is 9.66 Å². The van der Waals surface area contributed by atoms with Gasteiger partial charge in [0.05, 0.1) is 5.69 Å². The third-order valence-electron chi connectivity index (χ3n) is 3.44. The standard InChI is InChI=1S/C17H12F3IN4O2/c18-17(19,20)27-14-6-4-13(5-7-14)25-10-23-15(24-25)12-3-1-2-11(8-12)9-22-16(21)26/h1-8,10H,9H2,(H,22,26). The van der Waals surface area contributed by atoms with Crippen molar-refractivity contribution >= 4 is 26.5 Å². The van der Waals surface area contributed by atoms with E-state index in [0.717, 1.165) is 11.1 Å². The normalized spacial score (nSPS) is 11.3. The van der Waals surface area contributed by atoms with Crippen molar-refractivity contribution < 1.29 is 22.7 Å². The first-order chi connectivity index (χ1) is 12.8. The molecule has 0 saturated carbocycles. The SMILES string of the molecule is O=C(I)NCc1cccc(-c2ncn(-c3ccc(OC(F)(F)F)cc3)n2)c1. The molecule has 1 N–H and O–H groups in total. The molecule has 1 amide bonds. The number of nitrogens with zero attached hydrogens (tertiary/aromatic N) is 3. The molecule has 0 aliphatic carbocycles. The number of carbonyl (C=O) groups is 1. The molecule has 0 fully saturated rings. The quantitative estimate of drug-likeness (QED) is 0.327. The summed E-state index contributed by atoms with van der Waals surface area (Å²) in [5, 5.41) is 7.05. The summed E-state index contributed by atoms with van der Waals surface area (Å²) in [6.07, 6.45) is -3.27. The predicted molar refractivity (Wildman–Crippen MR) is 99.7 cm³/mol. The topological polar surface area (TPSA) is 69.0 Å². The van der Waals surface area contributed by atoms with E-state index < -0.39 is 6.36 Å². The highest BCUT2D eigenvalue weighted by atomic mass is 127. The third kappa shape index (κ3) is 5.42. The minimum absolute atomic E-state index is 0.154. The lowest BCUT2D eigenvalue weighted by Crippen LogP contribution is -2.17. The van der Waals surface area contributed by atoms with Gasteiger partial charge in [0, 0.05) is 34.7 Å². The summed E-state index contributed by atoms with van der Waals surface area (Å²) < 4.78 is 41.8. The van der Waals surface area contributed by atoms with Crippen LogP contribution < -0.4 is 10.1 Å². The Balaban J connectivity index is 1.77. The molecular weight excluding hydrogens is 476 g/mol. The summed E-state index contributed by atoms with van der Waals surface area (Å²) in [6, 6.07) is 12.7. The molecule has 0 saturated heterocycles. The molecule has 0 bridgehead atoms. The van der Waals surface area contributed by atoms with Crippen molar-refractivity contribution in [2.45, 2.75) is 12.9 Å². The van der Waals surface area contributed by atoms with E-state index in [0.29, 0.717) is 18.1 Å². The van der Waals surface area contributed by atoms with Gasteiger partial charge in [-0.25, -0.2) is 9.67 Å². The van der Waals surface area contributed by atoms with Crippen LogP contribution in [0.4, 0.5) is 18.0 Å². The van der Waals surface area contributed by atoms with Gasteiger partial charge in [-0.2, -0.15) is 0 Å². The number of hydrogen-bond acceptors (Lipinski definition) is 4. The van der Waals surface area contributed by atoms with Gasteiger partial charge in [-0.15, -0.1) is 18.3 Å². The van der Waals surface area contributed by atoms with Crippen molar-refractivity contribution in [3.05, 3.63) is 60.4 Å². The second kappa shape index (κ2) is 7.94. The van der Waals surface area contributed by atoms with Crippen LogP contribution in [0.2, 0.25) is 0 Å². The number of nitrogens with one attached hydrogen (secondary N) is 1. The zero-order valence-corrected chi connectivity index (χ0v) is 15.7. The van der Waals surface area contributed by atoms with Gasteiger partial charge in [-0.1, -0.05) is 18.2 Å². The Labute approximate surface area is 165 Å². The smallest absolute Gasteiger partial charge is 0.406 e. The molecule has 0 aliphatic rings. The van der Waals surface area contributed by atoms with Crippen molar-refractivity contribution in [2.75, 3.05) is 0 Å². The summed E-state index contributed by atoms with van der Waals surface area (Å²) in [6.45, 7) is 0.386. The highest BCUT2D eigenvalue weighted by molar-refractivity contribution is 14.1. The zero-order chi connectivity index (χ0) is 19.4. The minimum Gasteiger partial charge on any atom is -0.406 e. The van der Waals surface area contributed by atoms with E-state index in [2.05, 4.69) is 20.1 Å². The van der Waals surface area contributed by atoms with Crippen LogP contribution in [0.3, 0.4) is 0 Å². The molecule has 3 rings (SSSR count). The Morgan fingerprint density at radius 3 is 2.59 bits per heavy atom. The molecule has 27 heavy (non-hydrogen) atoms. The summed E-state index contributed by atoms with van der Waals surface area (Å²) >= 11 is 1.66. The Bertz CT molecular complexity index is 942. The maximum absolute atomic E-state index is 12.2. The average molecular weight is 488 g/mol. The predicted octanol–water partition coefficient (Wildman–Crippen LogP) is 4.48. The number of aromatic nitrogens is 3. The molecule has 1 aromatic heterocycles. The fourth-order valence-electron chi connectivity index (χ4n) is 2.31. The molecule has 0 atom stereocenters. The average Bonchev–Trinajstić information content (AvgIpc) is 3.10. The zero-order valence-electron chi connectivity index (χ0n) is 13.6. The number of benzene rings is 2. The summed E-state index contributed by atoms with van der Waals surface area (Å²) in [7, 11) is 0. The third-order valence-corrected chi connectivity index (χ3v) is 3.82.